The SMILES string of the molecule is Cc1sc(C)c(C2=C(c3c(C)n(C)c4ccccc34)C(=O)OC2=O)c1C. The number of aryl methyl sites for hydroxylation is 3. The summed E-state index contributed by atoms with van der Waals surface area (Å²) in [5.74, 6) is -1.12. The van der Waals surface area contributed by atoms with Crippen LogP contribution in [0.2, 0.25) is 0 Å². The van der Waals surface area contributed by atoms with Gasteiger partial charge >= 0.3 is 11.9 Å². The zero-order valence-corrected chi connectivity index (χ0v) is 16.2. The zero-order chi connectivity index (χ0) is 18.7. The third kappa shape index (κ3) is 2.13. The second kappa shape index (κ2) is 5.68. The maximum Gasteiger partial charge on any atom is 0.347 e. The molecule has 2 aromatic heterocycles. The second-order valence-electron chi connectivity index (χ2n) is 6.68. The van der Waals surface area contributed by atoms with Crippen molar-refractivity contribution in [2.75, 3.05) is 0 Å². The van der Waals surface area contributed by atoms with Crippen LogP contribution in [-0.4, -0.2) is 16.5 Å². The van der Waals surface area contributed by atoms with Crippen LogP contribution in [0.5, 0.6) is 0 Å². The number of hydrogen-bond donors (Lipinski definition) is 0. The van der Waals surface area contributed by atoms with Crippen LogP contribution >= 0.6 is 11.3 Å². The van der Waals surface area contributed by atoms with Gasteiger partial charge in [-0.05, 0) is 39.3 Å². The summed E-state index contributed by atoms with van der Waals surface area (Å²) in [5.41, 5.74) is 5.40. The molecule has 0 radical (unpaired) electrons. The lowest BCUT2D eigenvalue weighted by molar-refractivity contribution is -0.149. The lowest BCUT2D eigenvalue weighted by Gasteiger charge is -2.06. The van der Waals surface area contributed by atoms with Crippen LogP contribution in [0.3, 0.4) is 0 Å². The molecule has 0 saturated heterocycles. The van der Waals surface area contributed by atoms with Crippen molar-refractivity contribution in [3.05, 3.63) is 56.4 Å². The minimum absolute atomic E-state index is 0.383. The van der Waals surface area contributed by atoms with Crippen molar-refractivity contribution in [2.45, 2.75) is 27.7 Å². The number of para-hydroxylation sites is 1. The third-order valence-corrected chi connectivity index (χ3v) is 6.43. The summed E-state index contributed by atoms with van der Waals surface area (Å²) in [4.78, 5) is 27.5. The summed E-state index contributed by atoms with van der Waals surface area (Å²) in [7, 11) is 1.97. The maximum atomic E-state index is 12.7. The van der Waals surface area contributed by atoms with E-state index in [1.807, 2.05) is 63.6 Å². The van der Waals surface area contributed by atoms with E-state index in [-0.39, 0.29) is 0 Å². The van der Waals surface area contributed by atoms with Gasteiger partial charge in [-0.25, -0.2) is 9.59 Å². The molecule has 1 aromatic carbocycles. The van der Waals surface area contributed by atoms with Gasteiger partial charge in [0.2, 0.25) is 0 Å². The van der Waals surface area contributed by atoms with E-state index in [4.69, 9.17) is 4.74 Å². The van der Waals surface area contributed by atoms with Gasteiger partial charge in [-0.15, -0.1) is 11.3 Å². The van der Waals surface area contributed by atoms with E-state index < -0.39 is 11.9 Å². The third-order valence-electron chi connectivity index (χ3n) is 5.30. The number of benzene rings is 1. The molecule has 0 unspecified atom stereocenters. The molecule has 5 heteroatoms. The first-order valence-corrected chi connectivity index (χ1v) is 9.26. The topological polar surface area (TPSA) is 48.3 Å². The molecule has 0 amide bonds. The van der Waals surface area contributed by atoms with E-state index in [9.17, 15) is 9.59 Å². The first-order valence-electron chi connectivity index (χ1n) is 8.45. The minimum atomic E-state index is -0.563. The molecule has 0 spiro atoms. The number of ether oxygens (including phenoxy) is 1. The highest BCUT2D eigenvalue weighted by molar-refractivity contribution is 7.12. The molecule has 3 heterocycles. The zero-order valence-electron chi connectivity index (χ0n) is 15.4. The van der Waals surface area contributed by atoms with E-state index in [1.54, 1.807) is 11.3 Å². The average molecular weight is 365 g/mol. The van der Waals surface area contributed by atoms with E-state index in [0.717, 1.165) is 43.0 Å². The largest absolute Gasteiger partial charge is 0.386 e. The number of esters is 2. The fraction of sp³-hybridized carbons (Fsp3) is 0.238. The molecule has 0 saturated carbocycles. The van der Waals surface area contributed by atoms with Crippen molar-refractivity contribution in [2.24, 2.45) is 7.05 Å². The molecule has 0 atom stereocenters. The van der Waals surface area contributed by atoms with Crippen LogP contribution in [0.1, 0.15) is 32.1 Å². The van der Waals surface area contributed by atoms with Crippen LogP contribution in [0.25, 0.3) is 22.0 Å². The Hall–Kier alpha value is -2.66. The van der Waals surface area contributed by atoms with E-state index in [1.165, 1.54) is 0 Å². The lowest BCUT2D eigenvalue weighted by Crippen LogP contribution is -2.02. The predicted molar refractivity (Wildman–Crippen MR) is 104 cm³/mol. The summed E-state index contributed by atoms with van der Waals surface area (Å²) in [6.07, 6.45) is 0. The number of carbonyl (C=O) groups is 2. The lowest BCUT2D eigenvalue weighted by atomic mass is 9.92. The number of fused-ring (bicyclic) bond motifs is 1. The Bertz CT molecular complexity index is 1140. The molecule has 4 nitrogen and oxygen atoms in total. The minimum Gasteiger partial charge on any atom is -0.386 e. The molecule has 0 N–H and O–H groups in total. The van der Waals surface area contributed by atoms with Gasteiger partial charge in [-0.2, -0.15) is 0 Å². The molecule has 132 valence electrons. The van der Waals surface area contributed by atoms with Crippen LogP contribution in [0.4, 0.5) is 0 Å². The number of cyclic esters (lactones) is 2. The molecule has 0 aliphatic carbocycles. The number of aromatic nitrogens is 1. The summed E-state index contributed by atoms with van der Waals surface area (Å²) in [5, 5.41) is 0.953. The Morgan fingerprint density at radius 1 is 0.885 bits per heavy atom. The smallest absolute Gasteiger partial charge is 0.347 e. The number of nitrogens with zero attached hydrogens (tertiary/aromatic N) is 1. The summed E-state index contributed by atoms with van der Waals surface area (Å²) < 4.78 is 7.12. The highest BCUT2D eigenvalue weighted by Gasteiger charge is 2.39. The molecule has 1 aliphatic rings. The standard InChI is InChI=1S/C21H19NO3S/c1-10-12(3)26-13(4)16(10)18-19(21(24)25-20(18)23)17-11(2)22(5)15-9-7-6-8-14(15)17/h6-9H,1-5H3. The molecule has 26 heavy (non-hydrogen) atoms. The Kier molecular flexibility index (Phi) is 3.66. The summed E-state index contributed by atoms with van der Waals surface area (Å²) in [6.45, 7) is 7.97. The highest BCUT2D eigenvalue weighted by atomic mass is 32.1. The van der Waals surface area contributed by atoms with Gasteiger partial charge in [-0.1, -0.05) is 18.2 Å². The molecule has 0 fully saturated rings. The second-order valence-corrected chi connectivity index (χ2v) is 8.11. The number of rotatable bonds is 2. The predicted octanol–water partition coefficient (Wildman–Crippen LogP) is 4.47. The van der Waals surface area contributed by atoms with Gasteiger partial charge < -0.3 is 9.30 Å². The van der Waals surface area contributed by atoms with Crippen molar-refractivity contribution in [3.8, 4) is 0 Å². The Balaban J connectivity index is 2.15. The van der Waals surface area contributed by atoms with Crippen LogP contribution in [-0.2, 0) is 21.4 Å². The Labute approximate surface area is 155 Å². The molecule has 3 aromatic rings. The number of carbonyl (C=O) groups excluding carboxylic acids is 2. The normalized spacial score (nSPS) is 14.7. The van der Waals surface area contributed by atoms with Gasteiger partial charge in [0.15, 0.2) is 0 Å². The first kappa shape index (κ1) is 16.8. The molecular formula is C21H19NO3S. The highest BCUT2D eigenvalue weighted by Crippen LogP contribution is 2.43. The molecular weight excluding hydrogens is 346 g/mol. The van der Waals surface area contributed by atoms with E-state index in [0.29, 0.717) is 11.1 Å². The summed E-state index contributed by atoms with van der Waals surface area (Å²) in [6, 6.07) is 7.91. The molecule has 0 bridgehead atoms. The number of hydrogen-bond acceptors (Lipinski definition) is 4. The van der Waals surface area contributed by atoms with E-state index in [2.05, 4.69) is 0 Å². The number of thiophene rings is 1. The maximum absolute atomic E-state index is 12.7. The van der Waals surface area contributed by atoms with E-state index >= 15 is 0 Å². The van der Waals surface area contributed by atoms with Crippen molar-refractivity contribution < 1.29 is 14.3 Å². The summed E-state index contributed by atoms with van der Waals surface area (Å²) >= 11 is 1.64. The first-order chi connectivity index (χ1) is 12.3. The monoisotopic (exact) mass is 365 g/mol. The van der Waals surface area contributed by atoms with Crippen LogP contribution in [0, 0.1) is 27.7 Å². The van der Waals surface area contributed by atoms with Crippen molar-refractivity contribution in [1.29, 1.82) is 0 Å². The fourth-order valence-corrected chi connectivity index (χ4v) is 4.91. The van der Waals surface area contributed by atoms with Crippen molar-refractivity contribution in [1.82, 2.24) is 4.57 Å². The Morgan fingerprint density at radius 2 is 1.50 bits per heavy atom. The molecule has 4 rings (SSSR count). The van der Waals surface area contributed by atoms with Gasteiger partial charge in [0, 0.05) is 44.5 Å². The van der Waals surface area contributed by atoms with Gasteiger partial charge in [0.25, 0.3) is 0 Å². The fourth-order valence-electron chi connectivity index (χ4n) is 3.84. The van der Waals surface area contributed by atoms with Crippen molar-refractivity contribution in [3.63, 3.8) is 0 Å². The Morgan fingerprint density at radius 3 is 2.12 bits per heavy atom. The van der Waals surface area contributed by atoms with Gasteiger partial charge in [0.05, 0.1) is 11.1 Å². The van der Waals surface area contributed by atoms with Gasteiger partial charge in [0.1, 0.15) is 0 Å². The van der Waals surface area contributed by atoms with Crippen LogP contribution in [0.15, 0.2) is 24.3 Å². The van der Waals surface area contributed by atoms with Crippen molar-refractivity contribution >= 4 is 45.3 Å². The quantitative estimate of drug-likeness (QED) is 0.497. The average Bonchev–Trinajstić information content (AvgIpc) is 3.12. The van der Waals surface area contributed by atoms with Crippen LogP contribution < -0.4 is 0 Å². The molecule has 1 aliphatic heterocycles. The van der Waals surface area contributed by atoms with Gasteiger partial charge in [-0.3, -0.25) is 0 Å².